The van der Waals surface area contributed by atoms with Gasteiger partial charge in [0.05, 0.1) is 23.7 Å². The lowest BCUT2D eigenvalue weighted by molar-refractivity contribution is 0.172. The molecule has 0 N–H and O–H groups in total. The summed E-state index contributed by atoms with van der Waals surface area (Å²) in [6.45, 7) is 5.27. The number of benzene rings is 2. The van der Waals surface area contributed by atoms with Crippen LogP contribution in [0.3, 0.4) is 0 Å². The highest BCUT2D eigenvalue weighted by atomic mass is 16.6. The Balaban J connectivity index is 1.32. The standard InChI is InChI=1S/C24H28N4O5/c1-25-19-16-22-21(32-13-14-33-22)15-17(19)23(29)28(24(25)30)12-9-26-7-10-27(11-8-26)18-5-3-4-6-20(18)31-2/h3-6,15-16H,7-14H2,1-2H3. The van der Waals surface area contributed by atoms with Crippen molar-refractivity contribution in [2.24, 2.45) is 7.05 Å². The molecule has 2 aromatic carbocycles. The number of para-hydroxylation sites is 2. The Hall–Kier alpha value is -3.46. The van der Waals surface area contributed by atoms with Gasteiger partial charge in [-0.05, 0) is 18.2 Å². The average Bonchev–Trinajstić information content (AvgIpc) is 2.87. The Kier molecular flexibility index (Phi) is 5.72. The summed E-state index contributed by atoms with van der Waals surface area (Å²) in [6.07, 6.45) is 0. The van der Waals surface area contributed by atoms with E-state index < -0.39 is 0 Å². The second-order valence-corrected chi connectivity index (χ2v) is 8.31. The van der Waals surface area contributed by atoms with Crippen LogP contribution in [0.1, 0.15) is 0 Å². The quantitative estimate of drug-likeness (QED) is 0.578. The average molecular weight is 453 g/mol. The molecule has 0 atom stereocenters. The molecule has 0 bridgehead atoms. The molecule has 2 aliphatic rings. The molecule has 3 aromatic rings. The fourth-order valence-corrected chi connectivity index (χ4v) is 4.59. The van der Waals surface area contributed by atoms with E-state index in [1.54, 1.807) is 26.3 Å². The van der Waals surface area contributed by atoms with Crippen LogP contribution >= 0.6 is 0 Å². The van der Waals surface area contributed by atoms with Gasteiger partial charge in [-0.1, -0.05) is 12.1 Å². The van der Waals surface area contributed by atoms with Crippen molar-refractivity contribution < 1.29 is 14.2 Å². The van der Waals surface area contributed by atoms with Crippen molar-refractivity contribution in [3.8, 4) is 17.2 Å². The van der Waals surface area contributed by atoms with E-state index in [1.165, 1.54) is 9.13 Å². The number of aromatic nitrogens is 2. The summed E-state index contributed by atoms with van der Waals surface area (Å²) in [5, 5.41) is 0.461. The molecule has 9 nitrogen and oxygen atoms in total. The van der Waals surface area contributed by atoms with Gasteiger partial charge in [0.2, 0.25) is 0 Å². The van der Waals surface area contributed by atoms with E-state index in [2.05, 4.69) is 15.9 Å². The summed E-state index contributed by atoms with van der Waals surface area (Å²) in [5.41, 5.74) is 1.03. The molecular formula is C24H28N4O5. The first-order chi connectivity index (χ1) is 16.1. The zero-order chi connectivity index (χ0) is 22.9. The topological polar surface area (TPSA) is 78.2 Å². The van der Waals surface area contributed by atoms with E-state index in [1.807, 2.05) is 18.2 Å². The van der Waals surface area contributed by atoms with Crippen molar-refractivity contribution in [2.75, 3.05) is 57.9 Å². The van der Waals surface area contributed by atoms with E-state index >= 15 is 0 Å². The van der Waals surface area contributed by atoms with Crippen LogP contribution in [0.15, 0.2) is 46.0 Å². The minimum absolute atomic E-state index is 0.294. The highest BCUT2D eigenvalue weighted by Crippen LogP contribution is 2.33. The Morgan fingerprint density at radius 3 is 2.36 bits per heavy atom. The first kappa shape index (κ1) is 21.4. The maximum absolute atomic E-state index is 13.2. The number of anilines is 1. The van der Waals surface area contributed by atoms with Gasteiger partial charge in [-0.3, -0.25) is 18.8 Å². The maximum atomic E-state index is 13.2. The number of ether oxygens (including phenoxy) is 3. The van der Waals surface area contributed by atoms with Gasteiger partial charge in [0.15, 0.2) is 11.5 Å². The summed E-state index contributed by atoms with van der Waals surface area (Å²) in [4.78, 5) is 30.7. The predicted octanol–water partition coefficient (Wildman–Crippen LogP) is 1.30. The largest absolute Gasteiger partial charge is 0.495 e. The third-order valence-corrected chi connectivity index (χ3v) is 6.45. The van der Waals surface area contributed by atoms with E-state index in [0.717, 1.165) is 37.6 Å². The monoisotopic (exact) mass is 452 g/mol. The maximum Gasteiger partial charge on any atom is 0.331 e. The van der Waals surface area contributed by atoms with Gasteiger partial charge in [0, 0.05) is 52.4 Å². The molecule has 9 heteroatoms. The van der Waals surface area contributed by atoms with Crippen LogP contribution in [0.2, 0.25) is 0 Å². The second kappa shape index (κ2) is 8.82. The molecule has 3 heterocycles. The van der Waals surface area contributed by atoms with Crippen molar-refractivity contribution in [2.45, 2.75) is 6.54 Å². The van der Waals surface area contributed by atoms with Crippen molar-refractivity contribution >= 4 is 16.6 Å². The van der Waals surface area contributed by atoms with Gasteiger partial charge in [0.25, 0.3) is 5.56 Å². The number of aryl methyl sites for hydroxylation is 1. The number of rotatable bonds is 5. The van der Waals surface area contributed by atoms with Crippen LogP contribution in [0.4, 0.5) is 5.69 Å². The normalized spacial score (nSPS) is 16.2. The van der Waals surface area contributed by atoms with Crippen molar-refractivity contribution in [3.63, 3.8) is 0 Å². The Morgan fingerprint density at radius 1 is 0.939 bits per heavy atom. The van der Waals surface area contributed by atoms with Gasteiger partial charge < -0.3 is 19.1 Å². The van der Waals surface area contributed by atoms with Gasteiger partial charge in [-0.2, -0.15) is 0 Å². The minimum atomic E-state index is -0.322. The molecule has 5 rings (SSSR count). The molecule has 0 amide bonds. The number of fused-ring (bicyclic) bond motifs is 2. The zero-order valence-electron chi connectivity index (χ0n) is 19.0. The van der Waals surface area contributed by atoms with Gasteiger partial charge in [0.1, 0.15) is 19.0 Å². The fraction of sp³-hybridized carbons (Fsp3) is 0.417. The van der Waals surface area contributed by atoms with Crippen LogP contribution in [0.5, 0.6) is 17.2 Å². The van der Waals surface area contributed by atoms with Crippen LogP contribution in [-0.2, 0) is 13.6 Å². The molecule has 0 aliphatic carbocycles. The second-order valence-electron chi connectivity index (χ2n) is 8.31. The van der Waals surface area contributed by atoms with E-state index in [4.69, 9.17) is 14.2 Å². The van der Waals surface area contributed by atoms with E-state index in [9.17, 15) is 9.59 Å². The summed E-state index contributed by atoms with van der Waals surface area (Å²) in [6, 6.07) is 11.4. The highest BCUT2D eigenvalue weighted by Gasteiger charge is 2.21. The molecule has 1 aromatic heterocycles. The van der Waals surface area contributed by atoms with Crippen LogP contribution in [-0.4, -0.2) is 67.1 Å². The highest BCUT2D eigenvalue weighted by molar-refractivity contribution is 5.82. The number of nitrogens with zero attached hydrogens (tertiary/aromatic N) is 4. The van der Waals surface area contributed by atoms with Gasteiger partial charge in [-0.25, -0.2) is 4.79 Å². The van der Waals surface area contributed by atoms with Crippen LogP contribution in [0, 0.1) is 0 Å². The number of piperazine rings is 1. The molecule has 1 saturated heterocycles. The fourth-order valence-electron chi connectivity index (χ4n) is 4.59. The molecule has 0 unspecified atom stereocenters. The smallest absolute Gasteiger partial charge is 0.331 e. The van der Waals surface area contributed by atoms with E-state index in [-0.39, 0.29) is 11.2 Å². The lowest BCUT2D eigenvalue weighted by Gasteiger charge is -2.36. The van der Waals surface area contributed by atoms with E-state index in [0.29, 0.717) is 48.7 Å². The molecule has 174 valence electrons. The first-order valence-corrected chi connectivity index (χ1v) is 11.2. The molecule has 1 fully saturated rings. The molecule has 0 radical (unpaired) electrons. The summed E-state index contributed by atoms with van der Waals surface area (Å²) >= 11 is 0. The molecule has 33 heavy (non-hydrogen) atoms. The van der Waals surface area contributed by atoms with Crippen molar-refractivity contribution in [1.29, 1.82) is 0 Å². The Morgan fingerprint density at radius 2 is 1.64 bits per heavy atom. The number of hydrogen-bond donors (Lipinski definition) is 0. The molecule has 2 aliphatic heterocycles. The third kappa shape index (κ3) is 3.93. The summed E-state index contributed by atoms with van der Waals surface area (Å²) in [5.74, 6) is 1.98. The van der Waals surface area contributed by atoms with Crippen molar-refractivity contribution in [1.82, 2.24) is 14.0 Å². The predicted molar refractivity (Wildman–Crippen MR) is 126 cm³/mol. The SMILES string of the molecule is COc1ccccc1N1CCN(CCn2c(=O)c3cc4c(cc3n(C)c2=O)OCCO4)CC1. The van der Waals surface area contributed by atoms with Gasteiger partial charge >= 0.3 is 5.69 Å². The van der Waals surface area contributed by atoms with Crippen molar-refractivity contribution in [3.05, 3.63) is 57.2 Å². The Labute approximate surface area is 191 Å². The summed E-state index contributed by atoms with van der Waals surface area (Å²) in [7, 11) is 3.37. The zero-order valence-corrected chi connectivity index (χ0v) is 19.0. The third-order valence-electron chi connectivity index (χ3n) is 6.45. The van der Waals surface area contributed by atoms with Crippen LogP contribution in [0.25, 0.3) is 10.9 Å². The Bertz CT molecular complexity index is 1290. The first-order valence-electron chi connectivity index (χ1n) is 11.2. The minimum Gasteiger partial charge on any atom is -0.495 e. The summed E-state index contributed by atoms with van der Waals surface area (Å²) < 4.78 is 19.6. The van der Waals surface area contributed by atoms with Gasteiger partial charge in [-0.15, -0.1) is 0 Å². The molecular weight excluding hydrogens is 424 g/mol. The lowest BCUT2D eigenvalue weighted by atomic mass is 10.2. The van der Waals surface area contributed by atoms with Crippen LogP contribution < -0.4 is 30.4 Å². The molecule has 0 spiro atoms. The lowest BCUT2D eigenvalue weighted by Crippen LogP contribution is -2.49. The number of hydrogen-bond acceptors (Lipinski definition) is 7. The molecule has 0 saturated carbocycles. The number of methoxy groups -OCH3 is 1.